The molecular formula is C18H19N3O2. The molecule has 0 unspecified atom stereocenters. The van der Waals surface area contributed by atoms with Crippen LogP contribution in [0.15, 0.2) is 48.5 Å². The van der Waals surface area contributed by atoms with Crippen LogP contribution in [0.1, 0.15) is 23.8 Å². The molecular weight excluding hydrogens is 290 g/mol. The van der Waals surface area contributed by atoms with Crippen molar-refractivity contribution in [1.82, 2.24) is 4.98 Å². The molecule has 3 aromatic rings. The Morgan fingerprint density at radius 2 is 2.04 bits per heavy atom. The maximum atomic E-state index is 12.4. The largest absolute Gasteiger partial charge is 0.494 e. The van der Waals surface area contributed by atoms with E-state index in [9.17, 15) is 4.79 Å². The van der Waals surface area contributed by atoms with Crippen molar-refractivity contribution >= 4 is 28.2 Å². The Bertz CT molecular complexity index is 839. The summed E-state index contributed by atoms with van der Waals surface area (Å²) in [6, 6.07) is 14.7. The Morgan fingerprint density at radius 3 is 2.83 bits per heavy atom. The van der Waals surface area contributed by atoms with Crippen LogP contribution in [-0.4, -0.2) is 17.5 Å². The van der Waals surface area contributed by atoms with Crippen molar-refractivity contribution in [2.24, 2.45) is 0 Å². The number of aromatic nitrogens is 1. The third kappa shape index (κ3) is 3.29. The van der Waals surface area contributed by atoms with Gasteiger partial charge in [-0.2, -0.15) is 0 Å². The normalized spacial score (nSPS) is 10.7. The van der Waals surface area contributed by atoms with Gasteiger partial charge in [0.05, 0.1) is 18.0 Å². The van der Waals surface area contributed by atoms with E-state index in [1.165, 1.54) is 0 Å². The average Bonchev–Trinajstić information content (AvgIpc) is 2.98. The molecule has 0 fully saturated rings. The van der Waals surface area contributed by atoms with Gasteiger partial charge in [-0.15, -0.1) is 0 Å². The number of anilines is 2. The molecule has 0 atom stereocenters. The summed E-state index contributed by atoms with van der Waals surface area (Å²) in [6.07, 6.45) is 0.956. The molecule has 0 spiro atoms. The Balaban J connectivity index is 1.82. The van der Waals surface area contributed by atoms with E-state index >= 15 is 0 Å². The summed E-state index contributed by atoms with van der Waals surface area (Å²) in [5.41, 5.74) is 8.35. The Labute approximate surface area is 134 Å². The number of hydrogen-bond acceptors (Lipinski definition) is 3. The highest BCUT2D eigenvalue weighted by molar-refractivity contribution is 6.07. The number of nitrogens with two attached hydrogens (primary N) is 1. The second-order valence-corrected chi connectivity index (χ2v) is 5.32. The standard InChI is InChI=1S/C18H19N3O2/c1-2-9-23-13-7-8-15-12(10-13)11-17(20-15)18(22)21-16-6-4-3-5-14(16)19/h3-8,10-11,20H,2,9,19H2,1H3,(H,21,22). The van der Waals surface area contributed by atoms with Gasteiger partial charge in [-0.1, -0.05) is 19.1 Å². The van der Waals surface area contributed by atoms with Crippen molar-refractivity contribution < 1.29 is 9.53 Å². The first-order valence-electron chi connectivity index (χ1n) is 7.59. The number of para-hydroxylation sites is 2. The van der Waals surface area contributed by atoms with Gasteiger partial charge in [0, 0.05) is 10.9 Å². The average molecular weight is 309 g/mol. The van der Waals surface area contributed by atoms with Crippen LogP contribution >= 0.6 is 0 Å². The summed E-state index contributed by atoms with van der Waals surface area (Å²) in [7, 11) is 0. The van der Waals surface area contributed by atoms with Gasteiger partial charge in [0.25, 0.3) is 5.91 Å². The van der Waals surface area contributed by atoms with Crippen molar-refractivity contribution in [1.29, 1.82) is 0 Å². The first-order valence-corrected chi connectivity index (χ1v) is 7.59. The quantitative estimate of drug-likeness (QED) is 0.627. The smallest absolute Gasteiger partial charge is 0.272 e. The summed E-state index contributed by atoms with van der Waals surface area (Å²) in [5, 5.41) is 3.74. The number of H-pyrrole nitrogens is 1. The van der Waals surface area contributed by atoms with Crippen LogP contribution in [0, 0.1) is 0 Å². The fraction of sp³-hybridized carbons (Fsp3) is 0.167. The predicted molar refractivity (Wildman–Crippen MR) is 92.9 cm³/mol. The van der Waals surface area contributed by atoms with Crippen LogP contribution in [0.4, 0.5) is 11.4 Å². The Kier molecular flexibility index (Phi) is 4.19. The molecule has 0 aliphatic heterocycles. The fourth-order valence-electron chi connectivity index (χ4n) is 2.34. The number of rotatable bonds is 5. The number of amides is 1. The maximum Gasteiger partial charge on any atom is 0.272 e. The molecule has 0 aliphatic carbocycles. The van der Waals surface area contributed by atoms with E-state index in [-0.39, 0.29) is 5.91 Å². The van der Waals surface area contributed by atoms with Crippen molar-refractivity contribution in [3.63, 3.8) is 0 Å². The molecule has 3 rings (SSSR count). The number of carbonyl (C=O) groups excluding carboxylic acids is 1. The molecule has 1 aromatic heterocycles. The van der Waals surface area contributed by atoms with Gasteiger partial charge >= 0.3 is 0 Å². The van der Waals surface area contributed by atoms with Crippen LogP contribution < -0.4 is 15.8 Å². The van der Waals surface area contributed by atoms with Crippen LogP contribution in [-0.2, 0) is 0 Å². The van der Waals surface area contributed by atoms with Crippen LogP contribution in [0.2, 0.25) is 0 Å². The monoisotopic (exact) mass is 309 g/mol. The summed E-state index contributed by atoms with van der Waals surface area (Å²) in [4.78, 5) is 15.5. The van der Waals surface area contributed by atoms with E-state index in [0.717, 1.165) is 23.1 Å². The van der Waals surface area contributed by atoms with E-state index in [2.05, 4.69) is 17.2 Å². The lowest BCUT2D eigenvalue weighted by Gasteiger charge is -2.06. The van der Waals surface area contributed by atoms with Gasteiger partial charge in [0.1, 0.15) is 11.4 Å². The zero-order chi connectivity index (χ0) is 16.2. The summed E-state index contributed by atoms with van der Waals surface area (Å²) in [6.45, 7) is 2.74. The number of carbonyl (C=O) groups is 1. The maximum absolute atomic E-state index is 12.4. The molecule has 0 saturated carbocycles. The molecule has 0 bridgehead atoms. The second kappa shape index (κ2) is 6.44. The fourth-order valence-corrected chi connectivity index (χ4v) is 2.34. The molecule has 4 N–H and O–H groups in total. The number of nitrogens with one attached hydrogen (secondary N) is 2. The molecule has 0 radical (unpaired) electrons. The van der Waals surface area contributed by atoms with Crippen molar-refractivity contribution in [2.75, 3.05) is 17.7 Å². The van der Waals surface area contributed by atoms with Crippen LogP contribution in [0.3, 0.4) is 0 Å². The first kappa shape index (κ1) is 15.0. The van der Waals surface area contributed by atoms with Crippen LogP contribution in [0.25, 0.3) is 10.9 Å². The topological polar surface area (TPSA) is 80.1 Å². The van der Waals surface area contributed by atoms with E-state index in [0.29, 0.717) is 23.7 Å². The number of ether oxygens (including phenoxy) is 1. The van der Waals surface area contributed by atoms with Gasteiger partial charge in [-0.3, -0.25) is 4.79 Å². The minimum atomic E-state index is -0.227. The molecule has 118 valence electrons. The summed E-state index contributed by atoms with van der Waals surface area (Å²) < 4.78 is 5.61. The highest BCUT2D eigenvalue weighted by atomic mass is 16.5. The summed E-state index contributed by atoms with van der Waals surface area (Å²) in [5.74, 6) is 0.577. The minimum absolute atomic E-state index is 0.227. The number of nitrogen functional groups attached to an aromatic ring is 1. The molecule has 1 amide bonds. The van der Waals surface area contributed by atoms with Gasteiger partial charge in [0.15, 0.2) is 0 Å². The van der Waals surface area contributed by atoms with Crippen molar-refractivity contribution in [3.05, 3.63) is 54.2 Å². The van der Waals surface area contributed by atoms with Gasteiger partial charge in [-0.05, 0) is 42.8 Å². The number of fused-ring (bicyclic) bond motifs is 1. The SMILES string of the molecule is CCCOc1ccc2[nH]c(C(=O)Nc3ccccc3N)cc2c1. The molecule has 5 heteroatoms. The second-order valence-electron chi connectivity index (χ2n) is 5.32. The lowest BCUT2D eigenvalue weighted by atomic mass is 10.2. The molecule has 0 aliphatic rings. The Morgan fingerprint density at radius 1 is 1.22 bits per heavy atom. The highest BCUT2D eigenvalue weighted by Gasteiger charge is 2.11. The van der Waals surface area contributed by atoms with Gasteiger partial charge < -0.3 is 20.8 Å². The third-order valence-corrected chi connectivity index (χ3v) is 3.52. The van der Waals surface area contributed by atoms with E-state index < -0.39 is 0 Å². The molecule has 2 aromatic carbocycles. The van der Waals surface area contributed by atoms with Crippen LogP contribution in [0.5, 0.6) is 5.75 Å². The number of aromatic amines is 1. The predicted octanol–water partition coefficient (Wildman–Crippen LogP) is 3.79. The number of benzene rings is 2. The number of hydrogen-bond donors (Lipinski definition) is 3. The van der Waals surface area contributed by atoms with Crippen molar-refractivity contribution in [3.8, 4) is 5.75 Å². The Hall–Kier alpha value is -2.95. The molecule has 5 nitrogen and oxygen atoms in total. The highest BCUT2D eigenvalue weighted by Crippen LogP contribution is 2.23. The molecule has 0 saturated heterocycles. The zero-order valence-corrected chi connectivity index (χ0v) is 12.9. The lowest BCUT2D eigenvalue weighted by Crippen LogP contribution is -2.13. The van der Waals surface area contributed by atoms with Crippen molar-refractivity contribution in [2.45, 2.75) is 13.3 Å². The van der Waals surface area contributed by atoms with E-state index in [1.807, 2.05) is 36.4 Å². The first-order chi connectivity index (χ1) is 11.2. The molecule has 1 heterocycles. The third-order valence-electron chi connectivity index (χ3n) is 3.52. The summed E-state index contributed by atoms with van der Waals surface area (Å²) >= 11 is 0. The minimum Gasteiger partial charge on any atom is -0.494 e. The van der Waals surface area contributed by atoms with Gasteiger partial charge in [0.2, 0.25) is 0 Å². The van der Waals surface area contributed by atoms with Gasteiger partial charge in [-0.25, -0.2) is 0 Å². The van der Waals surface area contributed by atoms with E-state index in [4.69, 9.17) is 10.5 Å². The molecule has 23 heavy (non-hydrogen) atoms. The van der Waals surface area contributed by atoms with E-state index in [1.54, 1.807) is 12.1 Å². The lowest BCUT2D eigenvalue weighted by molar-refractivity contribution is 0.102. The zero-order valence-electron chi connectivity index (χ0n) is 12.9.